The van der Waals surface area contributed by atoms with E-state index < -0.39 is 28.3 Å². The first-order valence-electron chi connectivity index (χ1n) is 7.30. The molecule has 2 aromatic carbocycles. The zero-order valence-electron chi connectivity index (χ0n) is 13.4. The molecule has 2 aromatic rings. The third kappa shape index (κ3) is 5.08. The highest BCUT2D eigenvalue weighted by atomic mass is 35.5. The van der Waals surface area contributed by atoms with Crippen LogP contribution >= 0.6 is 23.2 Å². The van der Waals surface area contributed by atoms with Crippen molar-refractivity contribution in [3.05, 3.63) is 62.1 Å². The number of hydrogen-bond donors (Lipinski definition) is 3. The van der Waals surface area contributed by atoms with Crippen molar-refractivity contribution in [3.8, 4) is 5.75 Å². The van der Waals surface area contributed by atoms with Crippen LogP contribution in [0, 0.1) is 10.1 Å². The summed E-state index contributed by atoms with van der Waals surface area (Å²) >= 11 is 11.7. The van der Waals surface area contributed by atoms with Crippen molar-refractivity contribution in [2.24, 2.45) is 5.10 Å². The summed E-state index contributed by atoms with van der Waals surface area (Å²) in [5.74, 6) is -1.06. The van der Waals surface area contributed by atoms with E-state index in [2.05, 4.69) is 15.8 Å². The number of hydrogen-bond acceptors (Lipinski definition) is 6. The summed E-state index contributed by atoms with van der Waals surface area (Å²) in [5.41, 5.74) is 2.38. The van der Waals surface area contributed by atoms with Crippen LogP contribution in [0.15, 0.2) is 41.5 Å². The van der Waals surface area contributed by atoms with Gasteiger partial charge in [0.05, 0.1) is 11.1 Å². The SMILES string of the molecule is C[C@H](Nc1cccc(Cl)c1)C(=O)N/N=C/c1cc(Cl)cc([N+](=O)[O-])c1O. The average Bonchev–Trinajstić information content (AvgIpc) is 2.57. The number of nitro groups is 1. The van der Waals surface area contributed by atoms with Crippen LogP contribution in [-0.2, 0) is 4.79 Å². The molecule has 0 spiro atoms. The lowest BCUT2D eigenvalue weighted by atomic mass is 10.2. The van der Waals surface area contributed by atoms with Gasteiger partial charge in [0.25, 0.3) is 5.91 Å². The fourth-order valence-corrected chi connectivity index (χ4v) is 2.41. The van der Waals surface area contributed by atoms with Crippen LogP contribution in [0.5, 0.6) is 5.75 Å². The first-order chi connectivity index (χ1) is 12.3. The van der Waals surface area contributed by atoms with Gasteiger partial charge in [0.15, 0.2) is 0 Å². The van der Waals surface area contributed by atoms with Crippen LogP contribution in [0.25, 0.3) is 0 Å². The zero-order valence-corrected chi connectivity index (χ0v) is 15.0. The predicted molar refractivity (Wildman–Crippen MR) is 100 cm³/mol. The van der Waals surface area contributed by atoms with Gasteiger partial charge in [-0.1, -0.05) is 29.3 Å². The third-order valence-corrected chi connectivity index (χ3v) is 3.71. The standard InChI is InChI=1S/C16H14Cl2N4O4/c1-9(20-13-4-2-3-11(17)6-13)16(24)21-19-8-10-5-12(18)7-14(15(10)23)22(25)26/h2-9,20,23H,1H3,(H,21,24)/b19-8+/t9-/m0/s1. The minimum Gasteiger partial charge on any atom is -0.502 e. The molecular formula is C16H14Cl2N4O4. The number of phenols is 1. The van der Waals surface area contributed by atoms with Gasteiger partial charge in [-0.05, 0) is 31.2 Å². The second kappa shape index (κ2) is 8.50. The Labute approximate surface area is 158 Å². The van der Waals surface area contributed by atoms with Crippen molar-refractivity contribution in [1.29, 1.82) is 0 Å². The molecule has 0 aromatic heterocycles. The summed E-state index contributed by atoms with van der Waals surface area (Å²) in [4.78, 5) is 22.1. The lowest BCUT2D eigenvalue weighted by Gasteiger charge is -2.13. The third-order valence-electron chi connectivity index (χ3n) is 3.26. The van der Waals surface area contributed by atoms with Crippen LogP contribution in [0.4, 0.5) is 11.4 Å². The number of nitrogens with one attached hydrogen (secondary N) is 2. The van der Waals surface area contributed by atoms with Gasteiger partial charge < -0.3 is 10.4 Å². The van der Waals surface area contributed by atoms with E-state index in [0.29, 0.717) is 10.7 Å². The number of anilines is 1. The molecule has 0 aliphatic carbocycles. The van der Waals surface area contributed by atoms with Gasteiger partial charge in [0.1, 0.15) is 6.04 Å². The van der Waals surface area contributed by atoms with Crippen LogP contribution in [0.1, 0.15) is 12.5 Å². The molecular weight excluding hydrogens is 383 g/mol. The molecule has 1 amide bonds. The van der Waals surface area contributed by atoms with Crippen molar-refractivity contribution in [2.45, 2.75) is 13.0 Å². The van der Waals surface area contributed by atoms with E-state index in [0.717, 1.165) is 12.3 Å². The molecule has 26 heavy (non-hydrogen) atoms. The maximum absolute atomic E-state index is 12.0. The number of rotatable bonds is 6. The summed E-state index contributed by atoms with van der Waals surface area (Å²) < 4.78 is 0. The van der Waals surface area contributed by atoms with E-state index >= 15 is 0 Å². The fourth-order valence-electron chi connectivity index (χ4n) is 2.00. The lowest BCUT2D eigenvalue weighted by molar-refractivity contribution is -0.385. The van der Waals surface area contributed by atoms with Crippen molar-refractivity contribution in [3.63, 3.8) is 0 Å². The summed E-state index contributed by atoms with van der Waals surface area (Å²) in [7, 11) is 0. The maximum Gasteiger partial charge on any atom is 0.312 e. The summed E-state index contributed by atoms with van der Waals surface area (Å²) in [6.45, 7) is 1.62. The highest BCUT2D eigenvalue weighted by molar-refractivity contribution is 6.31. The van der Waals surface area contributed by atoms with E-state index in [1.165, 1.54) is 6.07 Å². The van der Waals surface area contributed by atoms with Gasteiger partial charge in [-0.3, -0.25) is 14.9 Å². The molecule has 0 fully saturated rings. The maximum atomic E-state index is 12.0. The molecule has 0 aliphatic heterocycles. The van der Waals surface area contributed by atoms with E-state index in [4.69, 9.17) is 23.2 Å². The first-order valence-corrected chi connectivity index (χ1v) is 8.05. The minimum absolute atomic E-state index is 0.0000431. The zero-order chi connectivity index (χ0) is 19.3. The predicted octanol–water partition coefficient (Wildman–Crippen LogP) is 3.56. The van der Waals surface area contributed by atoms with Crippen LogP contribution in [-0.4, -0.2) is 28.2 Å². The van der Waals surface area contributed by atoms with Gasteiger partial charge in [0, 0.05) is 27.4 Å². The minimum atomic E-state index is -0.770. The summed E-state index contributed by atoms with van der Waals surface area (Å²) in [5, 5.41) is 27.9. The summed E-state index contributed by atoms with van der Waals surface area (Å²) in [6, 6.07) is 8.53. The number of carbonyl (C=O) groups excluding carboxylic acids is 1. The molecule has 136 valence electrons. The smallest absolute Gasteiger partial charge is 0.312 e. The lowest BCUT2D eigenvalue weighted by Crippen LogP contribution is -2.34. The largest absolute Gasteiger partial charge is 0.502 e. The van der Waals surface area contributed by atoms with Gasteiger partial charge in [0.2, 0.25) is 5.75 Å². The number of phenolic OH excluding ortho intramolecular Hbond substituents is 1. The number of nitro benzene ring substituents is 1. The second-order valence-electron chi connectivity index (χ2n) is 5.23. The quantitative estimate of drug-likeness (QED) is 0.392. The molecule has 8 nitrogen and oxygen atoms in total. The summed E-state index contributed by atoms with van der Waals surface area (Å²) in [6.07, 6.45) is 1.07. The fraction of sp³-hybridized carbons (Fsp3) is 0.125. The van der Waals surface area contributed by atoms with Crippen LogP contribution in [0.2, 0.25) is 10.0 Å². The Kier molecular flexibility index (Phi) is 6.37. The van der Waals surface area contributed by atoms with Gasteiger partial charge in [-0.25, -0.2) is 5.43 Å². The van der Waals surface area contributed by atoms with E-state index in [-0.39, 0.29) is 10.6 Å². The molecule has 0 saturated heterocycles. The molecule has 1 atom stereocenters. The van der Waals surface area contributed by atoms with Crippen LogP contribution in [0.3, 0.4) is 0 Å². The Morgan fingerprint density at radius 3 is 2.69 bits per heavy atom. The van der Waals surface area contributed by atoms with Crippen molar-refractivity contribution in [1.82, 2.24) is 5.43 Å². The van der Waals surface area contributed by atoms with E-state index in [1.807, 2.05) is 0 Å². The molecule has 0 bridgehead atoms. The molecule has 0 saturated carbocycles. The van der Waals surface area contributed by atoms with Gasteiger partial charge in [-0.15, -0.1) is 0 Å². The molecule has 2 rings (SSSR count). The Morgan fingerprint density at radius 2 is 2.04 bits per heavy atom. The number of nitrogens with zero attached hydrogens (tertiary/aromatic N) is 2. The van der Waals surface area contributed by atoms with Crippen molar-refractivity contribution < 1.29 is 14.8 Å². The Morgan fingerprint density at radius 1 is 1.31 bits per heavy atom. The van der Waals surface area contributed by atoms with Crippen molar-refractivity contribution in [2.75, 3.05) is 5.32 Å². The highest BCUT2D eigenvalue weighted by Gasteiger charge is 2.18. The molecule has 0 aliphatic rings. The van der Waals surface area contributed by atoms with E-state index in [1.54, 1.807) is 31.2 Å². The van der Waals surface area contributed by atoms with Gasteiger partial charge in [-0.2, -0.15) is 5.10 Å². The van der Waals surface area contributed by atoms with Gasteiger partial charge >= 0.3 is 5.69 Å². The Bertz CT molecular complexity index is 873. The number of amides is 1. The molecule has 10 heteroatoms. The highest BCUT2D eigenvalue weighted by Crippen LogP contribution is 2.32. The van der Waals surface area contributed by atoms with Crippen molar-refractivity contribution >= 4 is 46.7 Å². The topological polar surface area (TPSA) is 117 Å². The number of benzene rings is 2. The molecule has 0 unspecified atom stereocenters. The monoisotopic (exact) mass is 396 g/mol. The normalized spacial score (nSPS) is 12.0. The number of aromatic hydroxyl groups is 1. The Balaban J connectivity index is 2.03. The average molecular weight is 397 g/mol. The number of halogens is 2. The molecule has 3 N–H and O–H groups in total. The van der Waals surface area contributed by atoms with Crippen LogP contribution < -0.4 is 10.7 Å². The molecule has 0 radical (unpaired) electrons. The first kappa shape index (κ1) is 19.5. The Hall–Kier alpha value is -2.84. The number of hydrazone groups is 1. The number of carbonyl (C=O) groups is 1. The molecule has 0 heterocycles. The second-order valence-corrected chi connectivity index (χ2v) is 6.10. The van der Waals surface area contributed by atoms with E-state index in [9.17, 15) is 20.0 Å².